The molecule has 3 N–H and O–H groups in total. The first-order chi connectivity index (χ1) is 9.60. The fourth-order valence-electron chi connectivity index (χ4n) is 1.86. The number of nitrogen functional groups attached to an aromatic ring is 1. The van der Waals surface area contributed by atoms with Gasteiger partial charge in [0.25, 0.3) is 0 Å². The van der Waals surface area contributed by atoms with Crippen molar-refractivity contribution >= 4 is 17.7 Å². The summed E-state index contributed by atoms with van der Waals surface area (Å²) < 4.78 is 4.82. The van der Waals surface area contributed by atoms with Crippen LogP contribution in [0, 0.1) is 6.92 Å². The van der Waals surface area contributed by atoms with Crippen molar-refractivity contribution in [3.8, 4) is 0 Å². The lowest BCUT2D eigenvalue weighted by Crippen LogP contribution is -2.23. The number of methoxy groups -OCH3 is 1. The summed E-state index contributed by atoms with van der Waals surface area (Å²) in [6.45, 7) is 1.80. The van der Waals surface area contributed by atoms with Crippen molar-refractivity contribution in [3.63, 3.8) is 0 Å². The lowest BCUT2D eigenvalue weighted by Gasteiger charge is -2.17. The second-order valence-corrected chi connectivity index (χ2v) is 4.26. The highest BCUT2D eigenvalue weighted by molar-refractivity contribution is 5.80. The molecule has 0 amide bonds. The zero-order valence-corrected chi connectivity index (χ0v) is 11.3. The van der Waals surface area contributed by atoms with Crippen LogP contribution >= 0.6 is 0 Å². The summed E-state index contributed by atoms with van der Waals surface area (Å²) in [7, 11) is 1.35. The molecule has 104 valence electrons. The number of anilines is 2. The number of hydrogen-bond donors (Lipinski definition) is 2. The van der Waals surface area contributed by atoms with Crippen molar-refractivity contribution in [3.05, 3.63) is 47.7 Å². The largest absolute Gasteiger partial charge is 0.467 e. The standard InChI is InChI=1S/C14H16N4O2/c1-9-8-11(18-14(15)16-9)17-12(13(19)20-2)10-6-4-3-5-7-10/h3-8,12H,1-2H3,(H3,15,16,17,18). The SMILES string of the molecule is COC(=O)C(Nc1cc(C)nc(N)n1)c1ccccc1. The predicted molar refractivity (Wildman–Crippen MR) is 76.0 cm³/mol. The molecule has 20 heavy (non-hydrogen) atoms. The average Bonchev–Trinajstić information content (AvgIpc) is 2.44. The van der Waals surface area contributed by atoms with Gasteiger partial charge >= 0.3 is 5.97 Å². The van der Waals surface area contributed by atoms with Crippen LogP contribution in [0.1, 0.15) is 17.3 Å². The molecular formula is C14H16N4O2. The molecule has 0 fully saturated rings. The quantitative estimate of drug-likeness (QED) is 0.823. The first-order valence-electron chi connectivity index (χ1n) is 6.10. The van der Waals surface area contributed by atoms with Gasteiger partial charge in [0.1, 0.15) is 5.82 Å². The van der Waals surface area contributed by atoms with E-state index in [0.29, 0.717) is 5.82 Å². The summed E-state index contributed by atoms with van der Waals surface area (Å²) in [6.07, 6.45) is 0. The van der Waals surface area contributed by atoms with E-state index in [2.05, 4.69) is 15.3 Å². The molecule has 6 heteroatoms. The summed E-state index contributed by atoms with van der Waals surface area (Å²) in [6, 6.07) is 10.3. The van der Waals surface area contributed by atoms with Crippen molar-refractivity contribution in [1.82, 2.24) is 9.97 Å². The lowest BCUT2D eigenvalue weighted by molar-refractivity contribution is -0.141. The molecule has 0 aliphatic rings. The number of nitrogens with one attached hydrogen (secondary N) is 1. The van der Waals surface area contributed by atoms with Gasteiger partial charge in [-0.25, -0.2) is 9.78 Å². The summed E-state index contributed by atoms with van der Waals surface area (Å²) >= 11 is 0. The number of carbonyl (C=O) groups is 1. The van der Waals surface area contributed by atoms with Gasteiger partial charge in [0.05, 0.1) is 7.11 Å². The summed E-state index contributed by atoms with van der Waals surface area (Å²) in [5, 5.41) is 3.02. The van der Waals surface area contributed by atoms with Crippen LogP contribution in [-0.2, 0) is 9.53 Å². The Hall–Kier alpha value is -2.63. The summed E-state index contributed by atoms with van der Waals surface area (Å²) in [5.74, 6) is 0.240. The maximum atomic E-state index is 11.9. The van der Waals surface area contributed by atoms with Crippen LogP contribution in [0.25, 0.3) is 0 Å². The highest BCUT2D eigenvalue weighted by Crippen LogP contribution is 2.20. The normalized spacial score (nSPS) is 11.7. The number of ether oxygens (including phenoxy) is 1. The third kappa shape index (κ3) is 3.23. The van der Waals surface area contributed by atoms with Gasteiger partial charge in [-0.15, -0.1) is 0 Å². The van der Waals surface area contributed by atoms with Crippen molar-refractivity contribution in [1.29, 1.82) is 0 Å². The summed E-state index contributed by atoms with van der Waals surface area (Å²) in [4.78, 5) is 20.0. The molecule has 1 atom stereocenters. The van der Waals surface area contributed by atoms with E-state index in [1.807, 2.05) is 30.3 Å². The minimum Gasteiger partial charge on any atom is -0.467 e. The van der Waals surface area contributed by atoms with Crippen LogP contribution in [0.15, 0.2) is 36.4 Å². The van der Waals surface area contributed by atoms with Gasteiger partial charge in [-0.05, 0) is 12.5 Å². The molecule has 0 spiro atoms. The zero-order valence-electron chi connectivity index (χ0n) is 11.3. The minimum atomic E-state index is -0.644. The van der Waals surface area contributed by atoms with Gasteiger partial charge in [-0.1, -0.05) is 30.3 Å². The van der Waals surface area contributed by atoms with E-state index in [-0.39, 0.29) is 5.95 Å². The molecule has 0 aliphatic carbocycles. The lowest BCUT2D eigenvalue weighted by atomic mass is 10.1. The van der Waals surface area contributed by atoms with E-state index in [1.54, 1.807) is 13.0 Å². The van der Waals surface area contributed by atoms with E-state index < -0.39 is 12.0 Å². The highest BCUT2D eigenvalue weighted by atomic mass is 16.5. The number of aryl methyl sites for hydroxylation is 1. The highest BCUT2D eigenvalue weighted by Gasteiger charge is 2.21. The topological polar surface area (TPSA) is 90.1 Å². The third-order valence-corrected chi connectivity index (χ3v) is 2.73. The number of esters is 1. The fourth-order valence-corrected chi connectivity index (χ4v) is 1.86. The Morgan fingerprint density at radius 2 is 2.00 bits per heavy atom. The second-order valence-electron chi connectivity index (χ2n) is 4.26. The van der Waals surface area contributed by atoms with Crippen molar-refractivity contribution in [2.45, 2.75) is 13.0 Å². The molecule has 6 nitrogen and oxygen atoms in total. The minimum absolute atomic E-state index is 0.157. The maximum absolute atomic E-state index is 11.9. The number of nitrogens with zero attached hydrogens (tertiary/aromatic N) is 2. The Kier molecular flexibility index (Phi) is 4.14. The number of hydrogen-bond acceptors (Lipinski definition) is 6. The number of nitrogens with two attached hydrogens (primary N) is 1. The molecule has 0 aliphatic heterocycles. The van der Waals surface area contributed by atoms with Crippen LogP contribution in [-0.4, -0.2) is 23.0 Å². The summed E-state index contributed by atoms with van der Waals surface area (Å²) in [5.41, 5.74) is 7.11. The Morgan fingerprint density at radius 1 is 1.30 bits per heavy atom. The first-order valence-corrected chi connectivity index (χ1v) is 6.10. The monoisotopic (exact) mass is 272 g/mol. The van der Waals surface area contributed by atoms with Crippen LogP contribution in [0.4, 0.5) is 11.8 Å². The van der Waals surface area contributed by atoms with E-state index in [1.165, 1.54) is 7.11 Å². The Balaban J connectivity index is 2.31. The molecule has 0 radical (unpaired) electrons. The molecule has 0 bridgehead atoms. The van der Waals surface area contributed by atoms with E-state index in [0.717, 1.165) is 11.3 Å². The second kappa shape index (κ2) is 6.01. The first kappa shape index (κ1) is 13.8. The smallest absolute Gasteiger partial charge is 0.333 e. The molecule has 2 rings (SSSR count). The molecular weight excluding hydrogens is 256 g/mol. The van der Waals surface area contributed by atoms with E-state index in [9.17, 15) is 4.79 Å². The van der Waals surface area contributed by atoms with Gasteiger partial charge in [0, 0.05) is 11.8 Å². The Labute approximate surface area is 117 Å². The molecule has 1 heterocycles. The van der Waals surface area contributed by atoms with Crippen molar-refractivity contribution in [2.75, 3.05) is 18.2 Å². The zero-order chi connectivity index (χ0) is 14.5. The van der Waals surface area contributed by atoms with Gasteiger partial charge in [-0.2, -0.15) is 4.98 Å². The van der Waals surface area contributed by atoms with Crippen LogP contribution in [0.5, 0.6) is 0 Å². The number of aromatic nitrogens is 2. The van der Waals surface area contributed by atoms with Crippen LogP contribution in [0.3, 0.4) is 0 Å². The molecule has 2 aromatic rings. The van der Waals surface area contributed by atoms with Crippen molar-refractivity contribution < 1.29 is 9.53 Å². The van der Waals surface area contributed by atoms with E-state index >= 15 is 0 Å². The van der Waals surface area contributed by atoms with Gasteiger partial charge in [-0.3, -0.25) is 0 Å². The molecule has 1 aromatic carbocycles. The average molecular weight is 272 g/mol. The number of benzene rings is 1. The maximum Gasteiger partial charge on any atom is 0.333 e. The molecule has 0 saturated carbocycles. The Bertz CT molecular complexity index is 581. The van der Waals surface area contributed by atoms with Crippen molar-refractivity contribution in [2.24, 2.45) is 0 Å². The third-order valence-electron chi connectivity index (χ3n) is 2.73. The van der Waals surface area contributed by atoms with E-state index in [4.69, 9.17) is 10.5 Å². The molecule has 1 aromatic heterocycles. The van der Waals surface area contributed by atoms with Gasteiger partial charge in [0.2, 0.25) is 5.95 Å². The van der Waals surface area contributed by atoms with Gasteiger partial charge < -0.3 is 15.8 Å². The van der Waals surface area contributed by atoms with Crippen LogP contribution in [0.2, 0.25) is 0 Å². The fraction of sp³-hybridized carbons (Fsp3) is 0.214. The Morgan fingerprint density at radius 3 is 2.60 bits per heavy atom. The number of rotatable bonds is 4. The molecule has 0 saturated heterocycles. The van der Waals surface area contributed by atoms with Gasteiger partial charge in [0.15, 0.2) is 6.04 Å². The predicted octanol–water partition coefficient (Wildman–Crippen LogP) is 1.69. The number of carbonyl (C=O) groups excluding carboxylic acids is 1. The van der Waals surface area contributed by atoms with Crippen LogP contribution < -0.4 is 11.1 Å². The molecule has 1 unspecified atom stereocenters.